The number of carbonyl (C=O) groups excluding carboxylic acids is 1. The first kappa shape index (κ1) is 21.4. The number of rotatable bonds is 10. The second-order valence-electron chi connectivity index (χ2n) is 6.18. The summed E-state index contributed by atoms with van der Waals surface area (Å²) >= 11 is 0. The third-order valence-electron chi connectivity index (χ3n) is 3.86. The fraction of sp³-hybridized carbons (Fsp3) is 0.350. The van der Waals surface area contributed by atoms with Crippen LogP contribution in [0.5, 0.6) is 17.2 Å². The number of carbonyl (C=O) groups is 1. The first-order chi connectivity index (χ1) is 13.4. The van der Waals surface area contributed by atoms with Crippen LogP contribution < -0.4 is 24.4 Å². The van der Waals surface area contributed by atoms with Gasteiger partial charge < -0.3 is 24.4 Å². The second kappa shape index (κ2) is 10.5. The second-order valence-corrected chi connectivity index (χ2v) is 6.18. The summed E-state index contributed by atoms with van der Waals surface area (Å²) < 4.78 is 39.4. The molecular formula is C20H25F2N2O4+. The topological polar surface area (TPSA) is 61.2 Å². The van der Waals surface area contributed by atoms with Crippen LogP contribution in [0.3, 0.4) is 0 Å². The Balaban J connectivity index is 1.88. The summed E-state index contributed by atoms with van der Waals surface area (Å²) in [7, 11) is 3.49. The minimum Gasteiger partial charge on any atom is -0.493 e. The van der Waals surface area contributed by atoms with E-state index in [-0.39, 0.29) is 18.2 Å². The molecule has 2 aromatic rings. The number of likely N-dealkylation sites (N-methyl/N-ethyl adjacent to an activating group) is 1. The number of hydrogen-bond acceptors (Lipinski definition) is 4. The maximum Gasteiger partial charge on any atom is 0.387 e. The predicted octanol–water partition coefficient (Wildman–Crippen LogP) is 2.35. The molecule has 0 aliphatic heterocycles. The van der Waals surface area contributed by atoms with Crippen molar-refractivity contribution in [3.05, 3.63) is 48.0 Å². The zero-order valence-corrected chi connectivity index (χ0v) is 16.1. The lowest BCUT2D eigenvalue weighted by Gasteiger charge is -2.16. The molecule has 2 rings (SSSR count). The van der Waals surface area contributed by atoms with Crippen molar-refractivity contribution in [3.8, 4) is 17.2 Å². The minimum atomic E-state index is -2.88. The fourth-order valence-electron chi connectivity index (χ4n) is 2.71. The molecule has 1 unspecified atom stereocenters. The standard InChI is InChI=1S/C20H24F2N2O4/c1-4-27-17-10-5-14(11-18(17)26-3)12-24(2)13-19(25)23-15-6-8-16(9-7-15)28-20(21)22/h5-11,20H,4,12-13H2,1-3H3,(H,23,25)/p+1. The molecule has 0 aliphatic rings. The molecule has 28 heavy (non-hydrogen) atoms. The van der Waals surface area contributed by atoms with Gasteiger partial charge in [-0.2, -0.15) is 8.78 Å². The number of benzene rings is 2. The molecule has 0 saturated carbocycles. The zero-order chi connectivity index (χ0) is 20.5. The number of alkyl halides is 2. The van der Waals surface area contributed by atoms with Gasteiger partial charge in [0.05, 0.1) is 20.8 Å². The number of quaternary nitrogens is 1. The smallest absolute Gasteiger partial charge is 0.387 e. The molecule has 0 spiro atoms. The highest BCUT2D eigenvalue weighted by molar-refractivity contribution is 5.91. The van der Waals surface area contributed by atoms with Gasteiger partial charge in [-0.15, -0.1) is 0 Å². The van der Waals surface area contributed by atoms with E-state index in [1.54, 1.807) is 7.11 Å². The van der Waals surface area contributed by atoms with Gasteiger partial charge in [0.25, 0.3) is 5.91 Å². The van der Waals surface area contributed by atoms with Crippen LogP contribution in [0.2, 0.25) is 0 Å². The van der Waals surface area contributed by atoms with E-state index in [1.807, 2.05) is 32.2 Å². The molecule has 2 aromatic carbocycles. The van der Waals surface area contributed by atoms with Crippen LogP contribution in [0.1, 0.15) is 12.5 Å². The molecule has 0 aliphatic carbocycles. The van der Waals surface area contributed by atoms with E-state index >= 15 is 0 Å². The van der Waals surface area contributed by atoms with Crippen molar-refractivity contribution in [1.29, 1.82) is 0 Å². The SMILES string of the molecule is CCOc1ccc(C[NH+](C)CC(=O)Nc2ccc(OC(F)F)cc2)cc1OC. The Hall–Kier alpha value is -2.87. The Kier molecular flexibility index (Phi) is 8.01. The number of methoxy groups -OCH3 is 1. The lowest BCUT2D eigenvalue weighted by molar-refractivity contribution is -0.885. The number of anilines is 1. The van der Waals surface area contributed by atoms with E-state index < -0.39 is 6.61 Å². The molecule has 1 amide bonds. The average molecular weight is 395 g/mol. The summed E-state index contributed by atoms with van der Waals surface area (Å²) in [5, 5.41) is 2.74. The number of hydrogen-bond donors (Lipinski definition) is 2. The Labute approximate surface area is 163 Å². The van der Waals surface area contributed by atoms with Gasteiger partial charge in [-0.1, -0.05) is 0 Å². The van der Waals surface area contributed by atoms with Crippen molar-refractivity contribution in [1.82, 2.24) is 0 Å². The highest BCUT2D eigenvalue weighted by atomic mass is 19.3. The summed E-state index contributed by atoms with van der Waals surface area (Å²) in [4.78, 5) is 13.2. The molecule has 6 nitrogen and oxygen atoms in total. The van der Waals surface area contributed by atoms with Crippen molar-refractivity contribution >= 4 is 11.6 Å². The predicted molar refractivity (Wildman–Crippen MR) is 101 cm³/mol. The third kappa shape index (κ3) is 6.70. The van der Waals surface area contributed by atoms with Gasteiger partial charge in [-0.3, -0.25) is 4.79 Å². The normalized spacial score (nSPS) is 11.8. The van der Waals surface area contributed by atoms with Crippen LogP contribution >= 0.6 is 0 Å². The molecule has 0 heterocycles. The first-order valence-corrected chi connectivity index (χ1v) is 8.87. The van der Waals surface area contributed by atoms with Crippen LogP contribution in [-0.4, -0.2) is 39.8 Å². The van der Waals surface area contributed by atoms with Gasteiger partial charge in [-0.05, 0) is 49.4 Å². The summed E-state index contributed by atoms with van der Waals surface area (Å²) in [5.74, 6) is 1.20. The first-order valence-electron chi connectivity index (χ1n) is 8.87. The maximum atomic E-state index is 12.2. The largest absolute Gasteiger partial charge is 0.493 e. The van der Waals surface area contributed by atoms with Crippen LogP contribution in [0.15, 0.2) is 42.5 Å². The van der Waals surface area contributed by atoms with Crippen LogP contribution in [0.25, 0.3) is 0 Å². The van der Waals surface area contributed by atoms with Gasteiger partial charge in [0.2, 0.25) is 0 Å². The monoisotopic (exact) mass is 395 g/mol. The molecule has 0 aromatic heterocycles. The average Bonchev–Trinajstić information content (AvgIpc) is 2.64. The number of ether oxygens (including phenoxy) is 3. The van der Waals surface area contributed by atoms with Crippen molar-refractivity contribution < 1.29 is 32.7 Å². The quantitative estimate of drug-likeness (QED) is 0.648. The highest BCUT2D eigenvalue weighted by Crippen LogP contribution is 2.27. The van der Waals surface area contributed by atoms with Gasteiger partial charge in [0.1, 0.15) is 12.3 Å². The maximum absolute atomic E-state index is 12.2. The lowest BCUT2D eigenvalue weighted by Crippen LogP contribution is -3.08. The van der Waals surface area contributed by atoms with Gasteiger partial charge in [-0.25, -0.2) is 0 Å². The van der Waals surface area contributed by atoms with E-state index in [1.165, 1.54) is 24.3 Å². The molecule has 0 saturated heterocycles. The molecule has 2 N–H and O–H groups in total. The summed E-state index contributed by atoms with van der Waals surface area (Å²) in [6.45, 7) is 0.445. The molecule has 0 bridgehead atoms. The zero-order valence-electron chi connectivity index (χ0n) is 16.1. The Morgan fingerprint density at radius 1 is 1.14 bits per heavy atom. The summed E-state index contributed by atoms with van der Waals surface area (Å²) in [5.41, 5.74) is 1.53. The number of nitrogens with one attached hydrogen (secondary N) is 2. The molecule has 152 valence electrons. The number of amides is 1. The van der Waals surface area contributed by atoms with Crippen molar-refractivity contribution in [3.63, 3.8) is 0 Å². The van der Waals surface area contributed by atoms with Gasteiger partial charge >= 0.3 is 6.61 Å². The molecule has 1 atom stereocenters. The highest BCUT2D eigenvalue weighted by Gasteiger charge is 2.13. The minimum absolute atomic E-state index is 0.0418. The molecule has 0 fully saturated rings. The Bertz CT molecular complexity index is 769. The van der Waals surface area contributed by atoms with Crippen molar-refractivity contribution in [2.45, 2.75) is 20.1 Å². The molecule has 8 heteroatoms. The van der Waals surface area contributed by atoms with Crippen LogP contribution in [0, 0.1) is 0 Å². The summed E-state index contributed by atoms with van der Waals surface area (Å²) in [6.07, 6.45) is 0. The van der Waals surface area contributed by atoms with E-state index in [2.05, 4.69) is 10.1 Å². The van der Waals surface area contributed by atoms with Crippen LogP contribution in [-0.2, 0) is 11.3 Å². The van der Waals surface area contributed by atoms with Crippen molar-refractivity contribution in [2.24, 2.45) is 0 Å². The lowest BCUT2D eigenvalue weighted by atomic mass is 10.2. The van der Waals surface area contributed by atoms with Crippen molar-refractivity contribution in [2.75, 3.05) is 32.6 Å². The van der Waals surface area contributed by atoms with E-state index in [9.17, 15) is 13.6 Å². The molecular weight excluding hydrogens is 370 g/mol. The van der Waals surface area contributed by atoms with E-state index in [0.29, 0.717) is 30.3 Å². The summed E-state index contributed by atoms with van der Waals surface area (Å²) in [6, 6.07) is 11.5. The Morgan fingerprint density at radius 2 is 1.86 bits per heavy atom. The van der Waals surface area contributed by atoms with Crippen LogP contribution in [0.4, 0.5) is 14.5 Å². The fourth-order valence-corrected chi connectivity index (χ4v) is 2.71. The van der Waals surface area contributed by atoms with Gasteiger partial charge in [0.15, 0.2) is 18.0 Å². The third-order valence-corrected chi connectivity index (χ3v) is 3.86. The van der Waals surface area contributed by atoms with E-state index in [0.717, 1.165) is 10.5 Å². The number of halogens is 2. The molecule has 0 radical (unpaired) electrons. The van der Waals surface area contributed by atoms with E-state index in [4.69, 9.17) is 9.47 Å². The van der Waals surface area contributed by atoms with Gasteiger partial charge in [0, 0.05) is 11.3 Å². The Morgan fingerprint density at radius 3 is 2.46 bits per heavy atom.